The third-order valence-electron chi connectivity index (χ3n) is 17.1. The zero-order valence-corrected chi connectivity index (χ0v) is 37.7. The molecular weight excluding hydrogens is 736 g/mol. The van der Waals surface area contributed by atoms with Gasteiger partial charge in [0.15, 0.2) is 5.78 Å². The fourth-order valence-corrected chi connectivity index (χ4v) is 13.9. The second-order valence-electron chi connectivity index (χ2n) is 21.7. The van der Waals surface area contributed by atoms with Crippen molar-refractivity contribution >= 4 is 29.3 Å². The molecule has 0 saturated heterocycles. The monoisotopic (exact) mass is 809 g/mol. The molecule has 2 N–H and O–H groups in total. The first-order valence-corrected chi connectivity index (χ1v) is 22.3. The number of halogens is 1. The van der Waals surface area contributed by atoms with Crippen LogP contribution in [0, 0.1) is 56.2 Å². The van der Waals surface area contributed by atoms with Crippen LogP contribution in [0.5, 0.6) is 0 Å². The highest BCUT2D eigenvalue weighted by Gasteiger charge is 2.71. The molecular formula is C48H73ClN2O6. The van der Waals surface area contributed by atoms with Crippen LogP contribution in [-0.4, -0.2) is 83.7 Å². The highest BCUT2D eigenvalue weighted by molar-refractivity contribution is 6.30. The largest absolute Gasteiger partial charge is 0.481 e. The lowest BCUT2D eigenvalue weighted by Crippen LogP contribution is -2.66. The minimum atomic E-state index is -1.17. The van der Waals surface area contributed by atoms with Crippen LogP contribution in [0.15, 0.2) is 35.4 Å². The number of carboxylic acids is 1. The minimum absolute atomic E-state index is 0.0308. The van der Waals surface area contributed by atoms with Crippen molar-refractivity contribution in [2.24, 2.45) is 56.2 Å². The molecule has 0 bridgehead atoms. The van der Waals surface area contributed by atoms with E-state index in [1.807, 2.05) is 12.1 Å². The summed E-state index contributed by atoms with van der Waals surface area (Å²) in [5, 5.41) is 23.0. The van der Waals surface area contributed by atoms with Crippen LogP contribution in [0.3, 0.4) is 0 Å². The van der Waals surface area contributed by atoms with E-state index in [2.05, 4.69) is 84.5 Å². The Bertz CT molecular complexity index is 1740. The summed E-state index contributed by atoms with van der Waals surface area (Å²) in [5.74, 6) is 0.00261. The van der Waals surface area contributed by atoms with Gasteiger partial charge in [-0.25, -0.2) is 0 Å². The summed E-state index contributed by atoms with van der Waals surface area (Å²) in [6, 6.07) is 8.00. The van der Waals surface area contributed by atoms with Gasteiger partial charge in [-0.2, -0.15) is 0 Å². The van der Waals surface area contributed by atoms with Gasteiger partial charge >= 0.3 is 11.9 Å². The number of benzene rings is 1. The maximum atomic E-state index is 14.3. The Kier molecular flexibility index (Phi) is 12.2. The van der Waals surface area contributed by atoms with E-state index in [1.54, 1.807) is 13.8 Å². The standard InChI is InChI=1S/C48H73ClN2O6/c1-30(2)40-34(52)26-48(37(53)29-51(25-24-50(10)11)28-31-12-14-32(49)15-13-31)23-22-46(8)33(41(40)48)16-17-36-45(7)20-19-38(57-39(54)27-43(3,4)42(55)56)44(5,6)35(45)18-21-47(36,46)9/h12-15,30,33,35-38,53H,16-29H2,1-11H3,(H,55,56)/t33?,35?,36-,37?,38-,45-,46+,47+,48-/m0/s1. The minimum Gasteiger partial charge on any atom is -0.481 e. The van der Waals surface area contributed by atoms with Gasteiger partial charge in [0.2, 0.25) is 0 Å². The first-order chi connectivity index (χ1) is 26.4. The number of hydrogen-bond acceptors (Lipinski definition) is 7. The predicted octanol–water partition coefficient (Wildman–Crippen LogP) is 9.46. The number of fused-ring (bicyclic) bond motifs is 7. The van der Waals surface area contributed by atoms with E-state index in [0.29, 0.717) is 36.4 Å². The van der Waals surface area contributed by atoms with E-state index in [4.69, 9.17) is 16.3 Å². The molecule has 3 unspecified atom stereocenters. The molecule has 57 heavy (non-hydrogen) atoms. The Hall–Kier alpha value is -2.26. The number of ether oxygens (including phenoxy) is 1. The Morgan fingerprint density at radius 3 is 2.19 bits per heavy atom. The molecule has 5 aliphatic rings. The van der Waals surface area contributed by atoms with Crippen molar-refractivity contribution in [3.63, 3.8) is 0 Å². The number of Topliss-reactive ketones (excluding diaryl/α,β-unsaturated/α-hetero) is 1. The number of allylic oxidation sites excluding steroid dienone is 1. The van der Waals surface area contributed by atoms with Gasteiger partial charge in [-0.15, -0.1) is 0 Å². The number of aliphatic hydroxyl groups is 1. The molecule has 1 aromatic rings. The van der Waals surface area contributed by atoms with Gasteiger partial charge in [0, 0.05) is 48.5 Å². The summed E-state index contributed by atoms with van der Waals surface area (Å²) >= 11 is 6.24. The second-order valence-corrected chi connectivity index (χ2v) is 22.2. The highest BCUT2D eigenvalue weighted by atomic mass is 35.5. The summed E-state index contributed by atoms with van der Waals surface area (Å²) in [4.78, 5) is 43.8. The van der Waals surface area contributed by atoms with Crippen molar-refractivity contribution in [1.29, 1.82) is 0 Å². The molecule has 0 amide bonds. The van der Waals surface area contributed by atoms with E-state index >= 15 is 0 Å². The van der Waals surface area contributed by atoms with Crippen molar-refractivity contribution in [3.8, 4) is 0 Å². The molecule has 0 heterocycles. The summed E-state index contributed by atoms with van der Waals surface area (Å²) in [5.41, 5.74) is 1.54. The Labute approximate surface area is 348 Å². The van der Waals surface area contributed by atoms with Crippen LogP contribution in [0.2, 0.25) is 5.02 Å². The first-order valence-electron chi connectivity index (χ1n) is 21.9. The Morgan fingerprint density at radius 2 is 1.58 bits per heavy atom. The molecule has 6 rings (SSSR count). The van der Waals surface area contributed by atoms with Crippen LogP contribution in [0.1, 0.15) is 132 Å². The SMILES string of the molecule is CC(C)C1=C2C3CC[C@H]4[C@@]5(C)CC[C@H](OC(=O)CC(C)(C)C(=O)O)C(C)(C)C5CC[C@@]4(C)[C@]3(C)CC[C@@]2(C(O)CN(CCN(C)C)Cc2ccc(Cl)cc2)CC1=O. The number of carboxylic acid groups (broad SMARTS) is 1. The highest BCUT2D eigenvalue weighted by Crippen LogP contribution is 2.77. The number of ketones is 1. The predicted molar refractivity (Wildman–Crippen MR) is 227 cm³/mol. The molecule has 4 fully saturated rings. The zero-order valence-electron chi connectivity index (χ0n) is 37.0. The van der Waals surface area contributed by atoms with Crippen molar-refractivity contribution in [1.82, 2.24) is 9.80 Å². The van der Waals surface area contributed by atoms with E-state index in [-0.39, 0.29) is 51.8 Å². The van der Waals surface area contributed by atoms with Crippen molar-refractivity contribution in [2.45, 2.75) is 145 Å². The van der Waals surface area contributed by atoms with Crippen LogP contribution in [0.25, 0.3) is 0 Å². The van der Waals surface area contributed by atoms with Crippen molar-refractivity contribution in [3.05, 3.63) is 46.0 Å². The van der Waals surface area contributed by atoms with Gasteiger partial charge < -0.3 is 19.8 Å². The molecule has 0 radical (unpaired) electrons. The Morgan fingerprint density at radius 1 is 0.912 bits per heavy atom. The fourth-order valence-electron chi connectivity index (χ4n) is 13.8. The third-order valence-corrected chi connectivity index (χ3v) is 17.4. The number of aliphatic carboxylic acids is 1. The molecule has 0 spiro atoms. The maximum Gasteiger partial charge on any atom is 0.309 e. The fraction of sp³-hybridized carbons (Fsp3) is 0.771. The van der Waals surface area contributed by atoms with E-state index in [0.717, 1.165) is 75.6 Å². The number of aliphatic hydroxyl groups excluding tert-OH is 1. The van der Waals surface area contributed by atoms with E-state index in [9.17, 15) is 24.6 Å². The average molecular weight is 810 g/mol. The van der Waals surface area contributed by atoms with Crippen LogP contribution in [0.4, 0.5) is 0 Å². The first kappa shape index (κ1) is 44.3. The van der Waals surface area contributed by atoms with E-state index < -0.39 is 28.9 Å². The van der Waals surface area contributed by atoms with Gasteiger partial charge in [-0.1, -0.05) is 77.8 Å². The molecule has 318 valence electrons. The summed E-state index contributed by atoms with van der Waals surface area (Å²) in [6.07, 6.45) is 7.13. The number of esters is 1. The Balaban J connectivity index is 1.29. The van der Waals surface area contributed by atoms with Crippen molar-refractivity contribution in [2.75, 3.05) is 33.7 Å². The number of rotatable bonds is 13. The summed E-state index contributed by atoms with van der Waals surface area (Å²) in [7, 11) is 4.17. The number of carbonyl (C=O) groups excluding carboxylic acids is 2. The second kappa shape index (κ2) is 15.6. The molecule has 9 atom stereocenters. The number of likely N-dealkylation sites (N-methyl/N-ethyl adjacent to an activating group) is 1. The summed E-state index contributed by atoms with van der Waals surface area (Å²) in [6.45, 7) is 22.6. The van der Waals surface area contributed by atoms with E-state index in [1.165, 1.54) is 5.57 Å². The summed E-state index contributed by atoms with van der Waals surface area (Å²) < 4.78 is 6.20. The van der Waals surface area contributed by atoms with Gasteiger partial charge in [0.25, 0.3) is 0 Å². The third kappa shape index (κ3) is 7.58. The van der Waals surface area contributed by atoms with Gasteiger partial charge in [-0.3, -0.25) is 19.3 Å². The topological polar surface area (TPSA) is 107 Å². The quantitative estimate of drug-likeness (QED) is 0.190. The number of nitrogens with zero attached hydrogens (tertiary/aromatic N) is 2. The van der Waals surface area contributed by atoms with Gasteiger partial charge in [0.1, 0.15) is 6.10 Å². The molecule has 8 nitrogen and oxygen atoms in total. The molecule has 0 aliphatic heterocycles. The number of hydrogen-bond donors (Lipinski definition) is 2. The molecule has 9 heteroatoms. The smallest absolute Gasteiger partial charge is 0.309 e. The van der Waals surface area contributed by atoms with Crippen molar-refractivity contribution < 1.29 is 29.3 Å². The average Bonchev–Trinajstić information content (AvgIpc) is 3.42. The number of carbonyl (C=O) groups is 3. The normalized spacial score (nSPS) is 35.5. The van der Waals surface area contributed by atoms with Gasteiger partial charge in [0.05, 0.1) is 17.9 Å². The van der Waals surface area contributed by atoms with Crippen LogP contribution >= 0.6 is 11.6 Å². The zero-order chi connectivity index (χ0) is 42.1. The van der Waals surface area contributed by atoms with Crippen LogP contribution < -0.4 is 0 Å². The molecule has 5 aliphatic carbocycles. The lowest BCUT2D eigenvalue weighted by atomic mass is 9.33. The van der Waals surface area contributed by atoms with Crippen LogP contribution in [-0.2, 0) is 25.7 Å². The lowest BCUT2D eigenvalue weighted by Gasteiger charge is -2.72. The molecule has 1 aromatic carbocycles. The lowest BCUT2D eigenvalue weighted by molar-refractivity contribution is -0.235. The molecule has 4 saturated carbocycles. The molecule has 0 aromatic heterocycles. The van der Waals surface area contributed by atoms with Gasteiger partial charge in [-0.05, 0) is 142 Å². The maximum absolute atomic E-state index is 14.3.